The minimum absolute atomic E-state index is 0.00179. The van der Waals surface area contributed by atoms with Crippen molar-refractivity contribution < 1.29 is 14.5 Å². The number of anilines is 1. The maximum absolute atomic E-state index is 12.3. The molecule has 1 aliphatic heterocycles. The second-order valence-electron chi connectivity index (χ2n) is 4.97. The van der Waals surface area contributed by atoms with Gasteiger partial charge in [0.15, 0.2) is 0 Å². The first-order chi connectivity index (χ1) is 9.90. The fraction of sp³-hybridized carbons (Fsp3) is 0.462. The van der Waals surface area contributed by atoms with Crippen LogP contribution in [0.25, 0.3) is 0 Å². The van der Waals surface area contributed by atoms with E-state index in [1.807, 2.05) is 0 Å². The summed E-state index contributed by atoms with van der Waals surface area (Å²) in [5, 5.41) is 10.9. The number of likely N-dealkylation sites (N-methyl/N-ethyl adjacent to an activating group) is 1. The normalized spacial score (nSPS) is 17.7. The van der Waals surface area contributed by atoms with Gasteiger partial charge in [0.05, 0.1) is 16.0 Å². The summed E-state index contributed by atoms with van der Waals surface area (Å²) < 4.78 is 5.47. The lowest BCUT2D eigenvalue weighted by Crippen LogP contribution is -2.34. The van der Waals surface area contributed by atoms with Gasteiger partial charge in [0.25, 0.3) is 11.6 Å². The highest BCUT2D eigenvalue weighted by Crippen LogP contribution is 2.31. The summed E-state index contributed by atoms with van der Waals surface area (Å²) in [6, 6.07) is 2.49. The molecule has 0 spiro atoms. The molecule has 1 aromatic rings. The molecule has 0 aromatic heterocycles. The Balaban J connectivity index is 2.20. The van der Waals surface area contributed by atoms with E-state index in [9.17, 15) is 14.9 Å². The molecule has 1 heterocycles. The van der Waals surface area contributed by atoms with Crippen LogP contribution in [-0.4, -0.2) is 42.0 Å². The van der Waals surface area contributed by atoms with Crippen molar-refractivity contribution in [3.05, 3.63) is 32.8 Å². The molecule has 1 aromatic carbocycles. The standard InChI is InChI=1S/C13H16ClN3O4/c1-16(7-9-3-2-4-21-9)13(18)8-5-10(14)12(15)11(6-8)17(19)20/h5-6,9H,2-4,7,15H2,1H3. The van der Waals surface area contributed by atoms with Gasteiger partial charge in [0.1, 0.15) is 5.69 Å². The molecular formula is C13H16ClN3O4. The fourth-order valence-corrected chi connectivity index (χ4v) is 2.49. The molecule has 1 fully saturated rings. The molecule has 2 N–H and O–H groups in total. The van der Waals surface area contributed by atoms with Crippen molar-refractivity contribution in [1.82, 2.24) is 4.90 Å². The highest BCUT2D eigenvalue weighted by atomic mass is 35.5. The van der Waals surface area contributed by atoms with Gasteiger partial charge in [-0.25, -0.2) is 0 Å². The molecule has 2 rings (SSSR count). The third kappa shape index (κ3) is 3.43. The van der Waals surface area contributed by atoms with Crippen molar-refractivity contribution in [3.8, 4) is 0 Å². The number of amides is 1. The van der Waals surface area contributed by atoms with Crippen molar-refractivity contribution in [2.24, 2.45) is 0 Å². The number of rotatable bonds is 4. The minimum Gasteiger partial charge on any atom is -0.392 e. The van der Waals surface area contributed by atoms with Gasteiger partial charge in [0.2, 0.25) is 0 Å². The van der Waals surface area contributed by atoms with Crippen molar-refractivity contribution in [1.29, 1.82) is 0 Å². The first-order valence-electron chi connectivity index (χ1n) is 6.50. The summed E-state index contributed by atoms with van der Waals surface area (Å²) in [5.41, 5.74) is 5.18. The first kappa shape index (κ1) is 15.5. The molecule has 1 unspecified atom stereocenters. The zero-order valence-corrected chi connectivity index (χ0v) is 12.3. The number of benzene rings is 1. The number of carbonyl (C=O) groups excluding carboxylic acids is 1. The molecule has 8 heteroatoms. The Hall–Kier alpha value is -1.86. The van der Waals surface area contributed by atoms with E-state index in [1.54, 1.807) is 7.05 Å². The summed E-state index contributed by atoms with van der Waals surface area (Å²) in [6.07, 6.45) is 1.89. The molecule has 0 radical (unpaired) electrons. The van der Waals surface area contributed by atoms with Crippen LogP contribution in [-0.2, 0) is 4.74 Å². The monoisotopic (exact) mass is 313 g/mol. The van der Waals surface area contributed by atoms with Gasteiger partial charge in [-0.05, 0) is 18.9 Å². The number of hydrogen-bond donors (Lipinski definition) is 1. The van der Waals surface area contributed by atoms with E-state index in [0.717, 1.165) is 18.9 Å². The molecule has 0 bridgehead atoms. The lowest BCUT2D eigenvalue weighted by molar-refractivity contribution is -0.383. The average molecular weight is 314 g/mol. The lowest BCUT2D eigenvalue weighted by atomic mass is 10.1. The topological polar surface area (TPSA) is 98.7 Å². The lowest BCUT2D eigenvalue weighted by Gasteiger charge is -2.21. The number of nitrogens with zero attached hydrogens (tertiary/aromatic N) is 2. The molecule has 7 nitrogen and oxygen atoms in total. The van der Waals surface area contributed by atoms with Gasteiger partial charge in [-0.15, -0.1) is 0 Å². The number of nitro groups is 1. The molecule has 0 saturated carbocycles. The third-order valence-corrected chi connectivity index (χ3v) is 3.71. The fourth-order valence-electron chi connectivity index (χ4n) is 2.27. The van der Waals surface area contributed by atoms with Crippen LogP contribution in [0.1, 0.15) is 23.2 Å². The van der Waals surface area contributed by atoms with E-state index in [-0.39, 0.29) is 34.0 Å². The van der Waals surface area contributed by atoms with E-state index in [4.69, 9.17) is 22.1 Å². The molecular weight excluding hydrogens is 298 g/mol. The summed E-state index contributed by atoms with van der Waals surface area (Å²) in [5.74, 6) is -0.351. The number of nitro benzene ring substituents is 1. The number of carbonyl (C=O) groups is 1. The zero-order valence-electron chi connectivity index (χ0n) is 11.5. The summed E-state index contributed by atoms with van der Waals surface area (Å²) in [7, 11) is 1.63. The van der Waals surface area contributed by atoms with Crippen LogP contribution in [0.2, 0.25) is 5.02 Å². The average Bonchev–Trinajstić information content (AvgIpc) is 2.93. The Morgan fingerprint density at radius 2 is 2.33 bits per heavy atom. The third-order valence-electron chi connectivity index (χ3n) is 3.40. The van der Waals surface area contributed by atoms with E-state index in [1.165, 1.54) is 11.0 Å². The second-order valence-corrected chi connectivity index (χ2v) is 5.38. The zero-order chi connectivity index (χ0) is 15.6. The largest absolute Gasteiger partial charge is 0.392 e. The number of nitrogens with two attached hydrogens (primary N) is 1. The van der Waals surface area contributed by atoms with E-state index in [2.05, 4.69) is 0 Å². The SMILES string of the molecule is CN(CC1CCCO1)C(=O)c1cc(Cl)c(N)c([N+](=O)[O-])c1. The van der Waals surface area contributed by atoms with Crippen LogP contribution in [0, 0.1) is 10.1 Å². The van der Waals surface area contributed by atoms with Crippen LogP contribution in [0.5, 0.6) is 0 Å². The quantitative estimate of drug-likeness (QED) is 0.521. The Morgan fingerprint density at radius 3 is 2.90 bits per heavy atom. The molecule has 114 valence electrons. The number of nitrogen functional groups attached to an aromatic ring is 1. The predicted octanol–water partition coefficient (Wildman–Crippen LogP) is 2.08. The van der Waals surface area contributed by atoms with Gasteiger partial charge in [0, 0.05) is 31.8 Å². The maximum atomic E-state index is 12.3. The Bertz CT molecular complexity index is 573. The number of halogens is 1. The second kappa shape index (κ2) is 6.28. The predicted molar refractivity (Wildman–Crippen MR) is 78.5 cm³/mol. The van der Waals surface area contributed by atoms with Crippen molar-refractivity contribution in [2.45, 2.75) is 18.9 Å². The Kier molecular flexibility index (Phi) is 4.64. The summed E-state index contributed by atoms with van der Waals surface area (Å²) in [4.78, 5) is 24.1. The Morgan fingerprint density at radius 1 is 1.62 bits per heavy atom. The van der Waals surface area contributed by atoms with E-state index >= 15 is 0 Å². The van der Waals surface area contributed by atoms with Gasteiger partial charge in [-0.1, -0.05) is 11.6 Å². The van der Waals surface area contributed by atoms with Crippen LogP contribution in [0.4, 0.5) is 11.4 Å². The van der Waals surface area contributed by atoms with Gasteiger partial charge in [-0.3, -0.25) is 14.9 Å². The van der Waals surface area contributed by atoms with E-state index in [0.29, 0.717) is 13.2 Å². The smallest absolute Gasteiger partial charge is 0.294 e. The summed E-state index contributed by atoms with van der Waals surface area (Å²) in [6.45, 7) is 1.14. The highest BCUT2D eigenvalue weighted by molar-refractivity contribution is 6.34. The molecule has 0 aliphatic carbocycles. The molecule has 1 aliphatic rings. The van der Waals surface area contributed by atoms with Crippen LogP contribution in [0.15, 0.2) is 12.1 Å². The molecule has 1 atom stereocenters. The highest BCUT2D eigenvalue weighted by Gasteiger charge is 2.24. The number of hydrogen-bond acceptors (Lipinski definition) is 5. The van der Waals surface area contributed by atoms with Gasteiger partial charge < -0.3 is 15.4 Å². The van der Waals surface area contributed by atoms with Crippen molar-refractivity contribution in [3.63, 3.8) is 0 Å². The molecule has 1 saturated heterocycles. The van der Waals surface area contributed by atoms with Crippen molar-refractivity contribution >= 4 is 28.9 Å². The van der Waals surface area contributed by atoms with Crippen molar-refractivity contribution in [2.75, 3.05) is 25.9 Å². The summed E-state index contributed by atoms with van der Waals surface area (Å²) >= 11 is 5.86. The number of ether oxygens (including phenoxy) is 1. The maximum Gasteiger partial charge on any atom is 0.294 e. The molecule has 21 heavy (non-hydrogen) atoms. The van der Waals surface area contributed by atoms with Gasteiger partial charge in [-0.2, -0.15) is 0 Å². The minimum atomic E-state index is -0.655. The van der Waals surface area contributed by atoms with E-state index < -0.39 is 4.92 Å². The Labute approximate surface area is 126 Å². The van der Waals surface area contributed by atoms with Crippen LogP contribution in [0.3, 0.4) is 0 Å². The van der Waals surface area contributed by atoms with Crippen LogP contribution >= 0.6 is 11.6 Å². The molecule has 1 amide bonds. The van der Waals surface area contributed by atoms with Gasteiger partial charge >= 0.3 is 0 Å². The first-order valence-corrected chi connectivity index (χ1v) is 6.88. The van der Waals surface area contributed by atoms with Crippen LogP contribution < -0.4 is 5.73 Å².